The lowest BCUT2D eigenvalue weighted by molar-refractivity contribution is -0.384. The summed E-state index contributed by atoms with van der Waals surface area (Å²) in [5, 5.41) is 15.6. The molecular weight excluding hydrogens is 491 g/mol. The molecule has 0 saturated carbocycles. The number of hydrazine groups is 1. The highest BCUT2D eigenvalue weighted by molar-refractivity contribution is 7.22. The molecule has 0 bridgehead atoms. The molecule has 3 unspecified atom stereocenters. The van der Waals surface area contributed by atoms with Gasteiger partial charge in [0, 0.05) is 25.2 Å². The van der Waals surface area contributed by atoms with Crippen LogP contribution in [0, 0.1) is 10.1 Å². The van der Waals surface area contributed by atoms with E-state index >= 15 is 4.39 Å². The zero-order chi connectivity index (χ0) is 25.4. The molecule has 2 fully saturated rings. The van der Waals surface area contributed by atoms with E-state index in [0.29, 0.717) is 27.5 Å². The number of alkyl halides is 1. The Morgan fingerprint density at radius 1 is 1.31 bits per heavy atom. The Hall–Kier alpha value is -3.84. The molecular formula is C23H23FN6O5S. The van der Waals surface area contributed by atoms with Gasteiger partial charge in [-0.1, -0.05) is 41.7 Å². The van der Waals surface area contributed by atoms with E-state index in [2.05, 4.69) is 15.7 Å². The van der Waals surface area contributed by atoms with Crippen LogP contribution in [0.3, 0.4) is 0 Å². The van der Waals surface area contributed by atoms with Gasteiger partial charge in [0.2, 0.25) is 5.91 Å². The zero-order valence-corrected chi connectivity index (χ0v) is 20.0. The summed E-state index contributed by atoms with van der Waals surface area (Å²) in [5.41, 5.74) is 2.79. The molecule has 188 valence electrons. The van der Waals surface area contributed by atoms with E-state index in [1.54, 1.807) is 37.3 Å². The number of nitro groups is 1. The van der Waals surface area contributed by atoms with Gasteiger partial charge < -0.3 is 15.0 Å². The quantitative estimate of drug-likeness (QED) is 0.292. The molecule has 2 aromatic carbocycles. The Morgan fingerprint density at radius 2 is 2.08 bits per heavy atom. The van der Waals surface area contributed by atoms with Crippen molar-refractivity contribution in [2.75, 3.05) is 31.1 Å². The molecule has 0 radical (unpaired) electrons. The van der Waals surface area contributed by atoms with Crippen molar-refractivity contribution in [2.24, 2.45) is 0 Å². The number of amides is 2. The van der Waals surface area contributed by atoms with Crippen molar-refractivity contribution in [3.8, 4) is 0 Å². The van der Waals surface area contributed by atoms with E-state index in [4.69, 9.17) is 4.74 Å². The standard InChI is InChI=1S/C23H23FN6O5S/c1-23(14-5-3-2-4-6-14,18-12-25-22(32)35-18)20(31)27-28-9-10-29(19(24)13-28)21-26-16-8-7-15(30(33)34)11-17(16)36-21/h2-8,11,18-19H,9-10,12-13H2,1H3,(H,25,32)(H,27,31). The maximum absolute atomic E-state index is 15.3. The number of hydrogen-bond donors (Lipinski definition) is 2. The Labute approximate surface area is 209 Å². The van der Waals surface area contributed by atoms with Gasteiger partial charge in [-0.2, -0.15) is 0 Å². The molecule has 2 saturated heterocycles. The third kappa shape index (κ3) is 4.31. The summed E-state index contributed by atoms with van der Waals surface area (Å²) in [7, 11) is 0. The first-order chi connectivity index (χ1) is 17.3. The molecule has 2 N–H and O–H groups in total. The fourth-order valence-electron chi connectivity index (χ4n) is 4.41. The summed E-state index contributed by atoms with van der Waals surface area (Å²) in [6.45, 7) is 2.32. The number of nitrogens with zero attached hydrogens (tertiary/aromatic N) is 4. The van der Waals surface area contributed by atoms with Crippen LogP contribution < -0.4 is 15.6 Å². The molecule has 2 amide bonds. The summed E-state index contributed by atoms with van der Waals surface area (Å²) >= 11 is 1.18. The molecule has 1 aromatic heterocycles. The summed E-state index contributed by atoms with van der Waals surface area (Å²) in [6, 6.07) is 13.4. The van der Waals surface area contributed by atoms with Crippen molar-refractivity contribution in [1.29, 1.82) is 0 Å². The second-order valence-electron chi connectivity index (χ2n) is 8.76. The first-order valence-corrected chi connectivity index (χ1v) is 12.1. The average Bonchev–Trinajstić information content (AvgIpc) is 3.50. The lowest BCUT2D eigenvalue weighted by atomic mass is 9.76. The molecule has 2 aliphatic rings. The fraction of sp³-hybridized carbons (Fsp3) is 0.348. The zero-order valence-electron chi connectivity index (χ0n) is 19.2. The van der Waals surface area contributed by atoms with E-state index in [1.165, 1.54) is 33.4 Å². The lowest BCUT2D eigenvalue weighted by Crippen LogP contribution is -2.61. The molecule has 0 spiro atoms. The molecule has 36 heavy (non-hydrogen) atoms. The number of aromatic nitrogens is 1. The maximum atomic E-state index is 15.3. The second kappa shape index (κ2) is 9.32. The van der Waals surface area contributed by atoms with E-state index in [9.17, 15) is 19.7 Å². The van der Waals surface area contributed by atoms with Gasteiger partial charge in [-0.3, -0.25) is 20.3 Å². The van der Waals surface area contributed by atoms with Gasteiger partial charge >= 0.3 is 6.09 Å². The monoisotopic (exact) mass is 514 g/mol. The lowest BCUT2D eigenvalue weighted by Gasteiger charge is -2.40. The van der Waals surface area contributed by atoms with Gasteiger partial charge in [0.05, 0.1) is 28.2 Å². The van der Waals surface area contributed by atoms with Crippen molar-refractivity contribution < 1.29 is 23.6 Å². The molecule has 3 atom stereocenters. The van der Waals surface area contributed by atoms with Crippen molar-refractivity contribution in [2.45, 2.75) is 24.7 Å². The summed E-state index contributed by atoms with van der Waals surface area (Å²) < 4.78 is 21.2. The summed E-state index contributed by atoms with van der Waals surface area (Å²) in [5.74, 6) is -0.414. The number of non-ortho nitro benzene ring substituents is 1. The van der Waals surface area contributed by atoms with Crippen molar-refractivity contribution >= 4 is 44.4 Å². The summed E-state index contributed by atoms with van der Waals surface area (Å²) in [4.78, 5) is 41.7. The maximum Gasteiger partial charge on any atom is 0.407 e. The topological polar surface area (TPSA) is 130 Å². The number of benzene rings is 2. The number of cyclic esters (lactones) is 1. The number of rotatable bonds is 6. The molecule has 3 aromatic rings. The SMILES string of the molecule is CC(C(=O)NN1CCN(c2nc3ccc([N+](=O)[O-])cc3s2)C(F)C1)(c1ccccc1)C1CNC(=O)O1. The largest absolute Gasteiger partial charge is 0.443 e. The predicted molar refractivity (Wildman–Crippen MR) is 130 cm³/mol. The molecule has 5 rings (SSSR count). The van der Waals surface area contributed by atoms with Gasteiger partial charge in [-0.25, -0.2) is 19.2 Å². The van der Waals surface area contributed by atoms with Crippen LogP contribution in [0.1, 0.15) is 12.5 Å². The highest BCUT2D eigenvalue weighted by Crippen LogP contribution is 2.34. The highest BCUT2D eigenvalue weighted by Gasteiger charge is 2.48. The average molecular weight is 515 g/mol. The number of hydrogen-bond acceptors (Lipinski definition) is 9. The van der Waals surface area contributed by atoms with Gasteiger partial charge in [0.15, 0.2) is 11.4 Å². The van der Waals surface area contributed by atoms with Crippen LogP contribution in [0.2, 0.25) is 0 Å². The van der Waals surface area contributed by atoms with Crippen molar-refractivity contribution in [1.82, 2.24) is 20.7 Å². The highest BCUT2D eigenvalue weighted by atomic mass is 32.1. The first kappa shape index (κ1) is 23.9. The third-order valence-electron chi connectivity index (χ3n) is 6.57. The Bertz CT molecular complexity index is 1320. The number of nitro benzene ring substituents is 1. The molecule has 13 heteroatoms. The van der Waals surface area contributed by atoms with Gasteiger partial charge in [0.1, 0.15) is 11.5 Å². The number of carbonyl (C=O) groups excluding carboxylic acids is 2. The Kier molecular flexibility index (Phi) is 6.18. The molecule has 0 aliphatic carbocycles. The first-order valence-electron chi connectivity index (χ1n) is 11.3. The molecule has 2 aliphatic heterocycles. The number of alkyl carbamates (subject to hydrolysis) is 1. The Morgan fingerprint density at radius 3 is 2.75 bits per heavy atom. The third-order valence-corrected chi connectivity index (χ3v) is 7.62. The predicted octanol–water partition coefficient (Wildman–Crippen LogP) is 2.72. The van der Waals surface area contributed by atoms with Crippen LogP contribution in [-0.4, -0.2) is 65.5 Å². The van der Waals surface area contributed by atoms with Crippen LogP contribution in [-0.2, 0) is 14.9 Å². The number of halogens is 1. The minimum atomic E-state index is -1.47. The minimum Gasteiger partial charge on any atom is -0.443 e. The number of piperazine rings is 1. The van der Waals surface area contributed by atoms with Crippen molar-refractivity contribution in [3.05, 3.63) is 64.2 Å². The van der Waals surface area contributed by atoms with E-state index in [-0.39, 0.29) is 25.3 Å². The number of ether oxygens (including phenoxy) is 1. The summed E-state index contributed by atoms with van der Waals surface area (Å²) in [6.07, 6.45) is -2.79. The number of anilines is 1. The number of fused-ring (bicyclic) bond motifs is 1. The smallest absolute Gasteiger partial charge is 0.407 e. The number of carbonyl (C=O) groups is 2. The van der Waals surface area contributed by atoms with Crippen molar-refractivity contribution in [3.63, 3.8) is 0 Å². The molecule has 3 heterocycles. The van der Waals surface area contributed by atoms with Crippen LogP contribution in [0.5, 0.6) is 0 Å². The van der Waals surface area contributed by atoms with Gasteiger partial charge in [-0.15, -0.1) is 0 Å². The number of thiazole rings is 1. The van der Waals surface area contributed by atoms with E-state index < -0.39 is 34.7 Å². The van der Waals surface area contributed by atoms with E-state index in [1.807, 2.05) is 6.07 Å². The second-order valence-corrected chi connectivity index (χ2v) is 9.77. The fourth-order valence-corrected chi connectivity index (χ4v) is 5.47. The normalized spacial score (nSPS) is 22.1. The van der Waals surface area contributed by atoms with Gasteiger partial charge in [-0.05, 0) is 18.6 Å². The van der Waals surface area contributed by atoms with E-state index in [0.717, 1.165) is 0 Å². The Balaban J connectivity index is 1.30. The van der Waals surface area contributed by atoms with Crippen LogP contribution in [0.15, 0.2) is 48.5 Å². The number of nitrogens with one attached hydrogen (secondary N) is 2. The van der Waals surface area contributed by atoms with Crippen LogP contribution >= 0.6 is 11.3 Å². The van der Waals surface area contributed by atoms with Gasteiger partial charge in [0.25, 0.3) is 5.69 Å². The molecule has 11 nitrogen and oxygen atoms in total. The van der Waals surface area contributed by atoms with Crippen LogP contribution in [0.4, 0.5) is 20.0 Å². The minimum absolute atomic E-state index is 0.0494. The van der Waals surface area contributed by atoms with Crippen LogP contribution in [0.25, 0.3) is 10.2 Å².